The highest BCUT2D eigenvalue weighted by Crippen LogP contribution is 2.07. The molecule has 0 radical (unpaired) electrons. The molecule has 0 unspecified atom stereocenters. The lowest BCUT2D eigenvalue weighted by Gasteiger charge is -2.02. The van der Waals surface area contributed by atoms with E-state index in [9.17, 15) is 9.59 Å². The van der Waals surface area contributed by atoms with Crippen LogP contribution in [0.3, 0.4) is 0 Å². The lowest BCUT2D eigenvalue weighted by molar-refractivity contribution is 0.0686. The van der Waals surface area contributed by atoms with Gasteiger partial charge in [-0.25, -0.2) is 9.48 Å². The van der Waals surface area contributed by atoms with E-state index in [4.69, 9.17) is 16.7 Å². The number of H-pyrrole nitrogens is 1. The van der Waals surface area contributed by atoms with Crippen molar-refractivity contribution in [1.29, 1.82) is 0 Å². The number of aromatic carboxylic acids is 1. The van der Waals surface area contributed by atoms with Crippen molar-refractivity contribution in [2.24, 2.45) is 0 Å². The van der Waals surface area contributed by atoms with Gasteiger partial charge in [-0.1, -0.05) is 11.6 Å². The number of hydrogen-bond acceptors (Lipinski definition) is 4. The molecule has 2 aromatic heterocycles. The monoisotopic (exact) mass is 240 g/mol. The zero-order valence-electron chi connectivity index (χ0n) is 7.72. The summed E-state index contributed by atoms with van der Waals surface area (Å²) < 4.78 is 1.02. The second-order valence-electron chi connectivity index (χ2n) is 2.86. The maximum atomic E-state index is 11.0. The minimum atomic E-state index is -1.24. The number of aromatic nitrogens is 4. The van der Waals surface area contributed by atoms with Crippen LogP contribution in [-0.4, -0.2) is 31.1 Å². The van der Waals surface area contributed by atoms with Gasteiger partial charge in [0.1, 0.15) is 0 Å². The van der Waals surface area contributed by atoms with Crippen molar-refractivity contribution in [3.63, 3.8) is 0 Å². The van der Waals surface area contributed by atoms with E-state index in [1.807, 2.05) is 0 Å². The second kappa shape index (κ2) is 3.78. The number of carboxylic acids is 1. The molecule has 0 atom stereocenters. The van der Waals surface area contributed by atoms with Crippen LogP contribution < -0.4 is 5.56 Å². The fraction of sp³-hybridized carbons (Fsp3) is 0. The molecule has 2 heterocycles. The molecular formula is C8H5ClN4O3. The summed E-state index contributed by atoms with van der Waals surface area (Å²) in [5, 5.41) is 18.5. The molecule has 0 aromatic carbocycles. The molecule has 0 saturated carbocycles. The summed E-state index contributed by atoms with van der Waals surface area (Å²) in [5.41, 5.74) is -0.754. The highest BCUT2D eigenvalue weighted by molar-refractivity contribution is 6.29. The predicted octanol–water partition coefficient (Wildman–Crippen LogP) is 0.307. The number of rotatable bonds is 2. The van der Waals surface area contributed by atoms with Crippen molar-refractivity contribution >= 4 is 17.6 Å². The van der Waals surface area contributed by atoms with E-state index in [2.05, 4.69) is 15.3 Å². The number of halogens is 1. The molecular weight excluding hydrogens is 236 g/mol. The Morgan fingerprint density at radius 1 is 1.44 bits per heavy atom. The Hall–Kier alpha value is -2.15. The van der Waals surface area contributed by atoms with Gasteiger partial charge in [0.15, 0.2) is 16.7 Å². The Morgan fingerprint density at radius 2 is 2.19 bits per heavy atom. The fourth-order valence-corrected chi connectivity index (χ4v) is 1.26. The van der Waals surface area contributed by atoms with Gasteiger partial charge in [-0.2, -0.15) is 0 Å². The first-order valence-electron chi connectivity index (χ1n) is 4.13. The smallest absolute Gasteiger partial charge is 0.354 e. The normalized spacial score (nSPS) is 10.3. The first-order chi connectivity index (χ1) is 7.58. The quantitative estimate of drug-likeness (QED) is 0.787. The van der Waals surface area contributed by atoms with Crippen LogP contribution in [0.4, 0.5) is 0 Å². The van der Waals surface area contributed by atoms with Gasteiger partial charge in [0.25, 0.3) is 5.56 Å². The van der Waals surface area contributed by atoms with Gasteiger partial charge in [0, 0.05) is 6.07 Å². The van der Waals surface area contributed by atoms with Gasteiger partial charge in [0.2, 0.25) is 0 Å². The summed E-state index contributed by atoms with van der Waals surface area (Å²) in [4.78, 5) is 21.9. The third-order valence-corrected chi connectivity index (χ3v) is 2.00. The van der Waals surface area contributed by atoms with E-state index < -0.39 is 11.5 Å². The fourth-order valence-electron chi connectivity index (χ4n) is 1.16. The average Bonchev–Trinajstić information content (AvgIpc) is 2.61. The lowest BCUT2D eigenvalue weighted by atomic mass is 10.4. The molecule has 0 saturated heterocycles. The van der Waals surface area contributed by atoms with Crippen molar-refractivity contribution < 1.29 is 9.90 Å². The van der Waals surface area contributed by atoms with E-state index in [0.29, 0.717) is 0 Å². The highest BCUT2D eigenvalue weighted by atomic mass is 35.5. The molecule has 7 nitrogen and oxygen atoms in total. The van der Waals surface area contributed by atoms with Crippen LogP contribution in [-0.2, 0) is 0 Å². The van der Waals surface area contributed by atoms with Crippen molar-refractivity contribution in [3.05, 3.63) is 39.4 Å². The molecule has 8 heteroatoms. The molecule has 0 aliphatic carbocycles. The first kappa shape index (κ1) is 10.4. The van der Waals surface area contributed by atoms with Gasteiger partial charge in [-0.15, -0.1) is 10.2 Å². The lowest BCUT2D eigenvalue weighted by Crippen LogP contribution is -2.10. The summed E-state index contributed by atoms with van der Waals surface area (Å²) in [7, 11) is 0. The van der Waals surface area contributed by atoms with Crippen molar-refractivity contribution in [1.82, 2.24) is 20.0 Å². The third kappa shape index (κ3) is 1.80. The first-order valence-corrected chi connectivity index (χ1v) is 4.50. The summed E-state index contributed by atoms with van der Waals surface area (Å²) in [6, 6.07) is 3.84. The SMILES string of the molecule is O=C(O)c1cc(=O)[nH]n1-c1ccc(Cl)nn1. The molecule has 16 heavy (non-hydrogen) atoms. The van der Waals surface area contributed by atoms with Crippen LogP contribution in [0.25, 0.3) is 5.82 Å². The zero-order chi connectivity index (χ0) is 11.7. The Balaban J connectivity index is 2.59. The van der Waals surface area contributed by atoms with Gasteiger partial charge in [-0.05, 0) is 12.1 Å². The van der Waals surface area contributed by atoms with E-state index in [0.717, 1.165) is 10.7 Å². The Kier molecular flexibility index (Phi) is 2.45. The number of hydrogen-bond donors (Lipinski definition) is 2. The molecule has 0 spiro atoms. The van der Waals surface area contributed by atoms with Crippen LogP contribution in [0.15, 0.2) is 23.0 Å². The number of carbonyl (C=O) groups is 1. The van der Waals surface area contributed by atoms with Crippen LogP contribution in [0.2, 0.25) is 5.15 Å². The second-order valence-corrected chi connectivity index (χ2v) is 3.25. The highest BCUT2D eigenvalue weighted by Gasteiger charge is 2.14. The minimum Gasteiger partial charge on any atom is -0.477 e. The standard InChI is InChI=1S/C8H5ClN4O3/c9-5-1-2-6(11-10-5)13-4(8(15)16)3-7(14)12-13/h1-3H,(H,12,14)(H,15,16). The Morgan fingerprint density at radius 3 is 2.75 bits per heavy atom. The average molecular weight is 241 g/mol. The number of nitrogens with one attached hydrogen (secondary N) is 1. The van der Waals surface area contributed by atoms with Crippen LogP contribution >= 0.6 is 11.6 Å². The van der Waals surface area contributed by atoms with E-state index in [1.54, 1.807) is 0 Å². The molecule has 2 aromatic rings. The molecule has 0 amide bonds. The maximum Gasteiger partial charge on any atom is 0.354 e. The number of carboxylic acid groups (broad SMARTS) is 1. The predicted molar refractivity (Wildman–Crippen MR) is 53.9 cm³/mol. The maximum absolute atomic E-state index is 11.0. The van der Waals surface area contributed by atoms with Gasteiger partial charge in [0.05, 0.1) is 0 Å². The van der Waals surface area contributed by atoms with E-state index >= 15 is 0 Å². The summed E-state index contributed by atoms with van der Waals surface area (Å²) >= 11 is 5.54. The zero-order valence-corrected chi connectivity index (χ0v) is 8.47. The molecule has 0 fully saturated rings. The molecule has 0 bridgehead atoms. The molecule has 0 aliphatic rings. The van der Waals surface area contributed by atoms with Crippen molar-refractivity contribution in [3.8, 4) is 5.82 Å². The Labute approximate surface area is 93.3 Å². The molecule has 0 aliphatic heterocycles. The van der Waals surface area contributed by atoms with Crippen molar-refractivity contribution in [2.45, 2.75) is 0 Å². The number of nitrogens with zero attached hydrogens (tertiary/aromatic N) is 3. The minimum absolute atomic E-state index is 0.170. The Bertz CT molecular complexity index is 586. The molecule has 82 valence electrons. The van der Waals surface area contributed by atoms with Crippen molar-refractivity contribution in [2.75, 3.05) is 0 Å². The summed E-state index contributed by atoms with van der Waals surface area (Å²) in [6.45, 7) is 0. The van der Waals surface area contributed by atoms with Crippen LogP contribution in [0.1, 0.15) is 10.5 Å². The van der Waals surface area contributed by atoms with Gasteiger partial charge < -0.3 is 5.11 Å². The number of aromatic amines is 1. The van der Waals surface area contributed by atoms with Crippen LogP contribution in [0, 0.1) is 0 Å². The third-order valence-electron chi connectivity index (χ3n) is 1.80. The van der Waals surface area contributed by atoms with Gasteiger partial charge in [-0.3, -0.25) is 9.89 Å². The molecule has 2 rings (SSSR count). The summed E-state index contributed by atoms with van der Waals surface area (Å²) in [6.07, 6.45) is 0. The summed E-state index contributed by atoms with van der Waals surface area (Å²) in [5.74, 6) is -1.07. The van der Waals surface area contributed by atoms with E-state index in [-0.39, 0.29) is 16.7 Å². The van der Waals surface area contributed by atoms with Crippen LogP contribution in [0.5, 0.6) is 0 Å². The van der Waals surface area contributed by atoms with Gasteiger partial charge >= 0.3 is 5.97 Å². The molecule has 2 N–H and O–H groups in total. The van der Waals surface area contributed by atoms with E-state index in [1.165, 1.54) is 12.1 Å². The largest absolute Gasteiger partial charge is 0.477 e. The topological polar surface area (TPSA) is 101 Å².